The van der Waals surface area contributed by atoms with Gasteiger partial charge in [-0.05, 0) is 46.5 Å². The van der Waals surface area contributed by atoms with Crippen molar-refractivity contribution in [1.82, 2.24) is 10.2 Å². The van der Waals surface area contributed by atoms with E-state index in [1.54, 1.807) is 0 Å². The molecule has 0 aliphatic carbocycles. The molecule has 1 rings (SSSR count). The van der Waals surface area contributed by atoms with Crippen LogP contribution in [-0.4, -0.2) is 41.8 Å². The van der Waals surface area contributed by atoms with Gasteiger partial charge in [-0.3, -0.25) is 0 Å². The third-order valence-electron chi connectivity index (χ3n) is 4.05. The summed E-state index contributed by atoms with van der Waals surface area (Å²) in [4.78, 5) is 14.1. The topological polar surface area (TPSA) is 41.6 Å². The first-order valence-corrected chi connectivity index (χ1v) is 8.60. The molecule has 1 aliphatic heterocycles. The van der Waals surface area contributed by atoms with Crippen LogP contribution in [0.5, 0.6) is 0 Å². The van der Waals surface area contributed by atoms with Gasteiger partial charge in [-0.1, -0.05) is 26.7 Å². The molecular weight excluding hydrogens is 264 g/mol. The Hall–Kier alpha value is -0.770. The zero-order valence-corrected chi connectivity index (χ0v) is 14.6. The zero-order valence-electron chi connectivity index (χ0n) is 14.6. The molecule has 0 spiro atoms. The first-order chi connectivity index (χ1) is 9.87. The van der Waals surface area contributed by atoms with E-state index in [0.717, 1.165) is 32.4 Å². The zero-order chi connectivity index (χ0) is 15.9. The molecule has 124 valence electrons. The predicted octanol–water partition coefficient (Wildman–Crippen LogP) is 3.94. The Morgan fingerprint density at radius 3 is 2.67 bits per heavy atom. The van der Waals surface area contributed by atoms with Crippen molar-refractivity contribution in [2.24, 2.45) is 0 Å². The number of carbonyl (C=O) groups excluding carboxylic acids is 1. The number of hydrogen-bond donors (Lipinski definition) is 1. The minimum Gasteiger partial charge on any atom is -0.444 e. The smallest absolute Gasteiger partial charge is 0.410 e. The average molecular weight is 298 g/mol. The molecule has 0 saturated carbocycles. The Morgan fingerprint density at radius 2 is 2.10 bits per heavy atom. The summed E-state index contributed by atoms with van der Waals surface area (Å²) in [5, 5.41) is 3.64. The molecule has 0 radical (unpaired) electrons. The minimum absolute atomic E-state index is 0.159. The van der Waals surface area contributed by atoms with E-state index in [9.17, 15) is 4.79 Å². The normalized spacial score (nSPS) is 20.6. The largest absolute Gasteiger partial charge is 0.444 e. The summed E-state index contributed by atoms with van der Waals surface area (Å²) in [5.74, 6) is 0. The lowest BCUT2D eigenvalue weighted by atomic mass is 10.1. The van der Waals surface area contributed by atoms with Crippen molar-refractivity contribution in [2.45, 2.75) is 90.8 Å². The molecule has 1 heterocycles. The molecule has 1 amide bonds. The van der Waals surface area contributed by atoms with Gasteiger partial charge in [0.2, 0.25) is 0 Å². The molecule has 0 aromatic rings. The van der Waals surface area contributed by atoms with Crippen LogP contribution in [0.1, 0.15) is 73.1 Å². The number of unbranched alkanes of at least 4 members (excludes halogenated alkanes) is 1. The lowest BCUT2D eigenvalue weighted by Crippen LogP contribution is -2.46. The van der Waals surface area contributed by atoms with Crippen molar-refractivity contribution in [3.8, 4) is 0 Å². The monoisotopic (exact) mass is 298 g/mol. The summed E-state index contributed by atoms with van der Waals surface area (Å²) in [6.45, 7) is 11.9. The molecule has 0 aromatic carbocycles. The summed E-state index contributed by atoms with van der Waals surface area (Å²) < 4.78 is 5.51. The predicted molar refractivity (Wildman–Crippen MR) is 87.6 cm³/mol. The highest BCUT2D eigenvalue weighted by atomic mass is 16.6. The molecule has 0 bridgehead atoms. The Kier molecular flexibility index (Phi) is 7.50. The second kappa shape index (κ2) is 8.62. The Morgan fingerprint density at radius 1 is 1.38 bits per heavy atom. The van der Waals surface area contributed by atoms with E-state index in [4.69, 9.17) is 4.74 Å². The Labute approximate surface area is 130 Å². The van der Waals surface area contributed by atoms with Crippen molar-refractivity contribution >= 4 is 6.09 Å². The van der Waals surface area contributed by atoms with Gasteiger partial charge in [0.25, 0.3) is 0 Å². The third kappa shape index (κ3) is 6.68. The summed E-state index contributed by atoms with van der Waals surface area (Å²) in [5.41, 5.74) is -0.412. The summed E-state index contributed by atoms with van der Waals surface area (Å²) in [6, 6.07) is 0.863. The van der Waals surface area contributed by atoms with Gasteiger partial charge in [0.1, 0.15) is 5.60 Å². The molecule has 0 aromatic heterocycles. The van der Waals surface area contributed by atoms with Crippen molar-refractivity contribution in [1.29, 1.82) is 0 Å². The molecular formula is C17H34N2O2. The number of nitrogens with zero attached hydrogens (tertiary/aromatic N) is 1. The van der Waals surface area contributed by atoms with E-state index in [0.29, 0.717) is 6.04 Å². The van der Waals surface area contributed by atoms with Crippen molar-refractivity contribution in [2.75, 3.05) is 13.1 Å². The minimum atomic E-state index is -0.412. The van der Waals surface area contributed by atoms with E-state index in [1.165, 1.54) is 19.3 Å². The van der Waals surface area contributed by atoms with Gasteiger partial charge in [-0.2, -0.15) is 0 Å². The van der Waals surface area contributed by atoms with Gasteiger partial charge in [-0.15, -0.1) is 0 Å². The van der Waals surface area contributed by atoms with Gasteiger partial charge in [0.15, 0.2) is 0 Å². The molecule has 1 aliphatic rings. The lowest BCUT2D eigenvalue weighted by Gasteiger charge is -2.29. The van der Waals surface area contributed by atoms with Crippen LogP contribution < -0.4 is 5.32 Å². The van der Waals surface area contributed by atoms with Gasteiger partial charge < -0.3 is 15.0 Å². The fourth-order valence-corrected chi connectivity index (χ4v) is 2.81. The highest BCUT2D eigenvalue weighted by Crippen LogP contribution is 2.20. The molecule has 2 atom stereocenters. The van der Waals surface area contributed by atoms with Crippen LogP contribution in [0.4, 0.5) is 4.79 Å². The van der Waals surface area contributed by atoms with Crippen LogP contribution in [-0.2, 0) is 4.74 Å². The Balaban J connectivity index is 2.44. The van der Waals surface area contributed by atoms with Gasteiger partial charge in [0, 0.05) is 25.2 Å². The van der Waals surface area contributed by atoms with Crippen LogP contribution in [0.3, 0.4) is 0 Å². The van der Waals surface area contributed by atoms with E-state index in [2.05, 4.69) is 19.2 Å². The molecule has 1 saturated heterocycles. The second-order valence-electron chi connectivity index (χ2n) is 7.13. The number of amides is 1. The number of rotatable bonds is 7. The summed E-state index contributed by atoms with van der Waals surface area (Å²) in [6.07, 6.45) is 6.89. The second-order valence-corrected chi connectivity index (χ2v) is 7.13. The first kappa shape index (κ1) is 18.3. The number of ether oxygens (including phenoxy) is 1. The maximum Gasteiger partial charge on any atom is 0.410 e. The SMILES string of the molecule is CCCCC(CC)NCC1CCCN1C(=O)OC(C)(C)C. The number of nitrogens with one attached hydrogen (secondary N) is 1. The summed E-state index contributed by atoms with van der Waals surface area (Å²) in [7, 11) is 0. The van der Waals surface area contributed by atoms with Crippen molar-refractivity contribution < 1.29 is 9.53 Å². The molecule has 4 nitrogen and oxygen atoms in total. The van der Waals surface area contributed by atoms with E-state index < -0.39 is 5.60 Å². The fraction of sp³-hybridized carbons (Fsp3) is 0.941. The maximum absolute atomic E-state index is 12.2. The van der Waals surface area contributed by atoms with Gasteiger partial charge >= 0.3 is 6.09 Å². The van der Waals surface area contributed by atoms with Crippen LogP contribution in [0.2, 0.25) is 0 Å². The standard InChI is InChI=1S/C17H34N2O2/c1-6-8-10-14(7-2)18-13-15-11-9-12-19(15)16(20)21-17(3,4)5/h14-15,18H,6-13H2,1-5H3. The Bertz CT molecular complexity index is 312. The lowest BCUT2D eigenvalue weighted by molar-refractivity contribution is 0.0224. The van der Waals surface area contributed by atoms with Crippen LogP contribution in [0.15, 0.2) is 0 Å². The van der Waals surface area contributed by atoms with Crippen LogP contribution in [0.25, 0.3) is 0 Å². The molecule has 1 fully saturated rings. The average Bonchev–Trinajstić information content (AvgIpc) is 2.85. The number of hydrogen-bond acceptors (Lipinski definition) is 3. The van der Waals surface area contributed by atoms with Gasteiger partial charge in [-0.25, -0.2) is 4.79 Å². The number of likely N-dealkylation sites (tertiary alicyclic amines) is 1. The van der Waals surface area contributed by atoms with Crippen molar-refractivity contribution in [3.63, 3.8) is 0 Å². The van der Waals surface area contributed by atoms with Gasteiger partial charge in [0.05, 0.1) is 0 Å². The highest BCUT2D eigenvalue weighted by Gasteiger charge is 2.32. The van der Waals surface area contributed by atoms with E-state index in [1.807, 2.05) is 25.7 Å². The number of carbonyl (C=O) groups is 1. The molecule has 4 heteroatoms. The highest BCUT2D eigenvalue weighted by molar-refractivity contribution is 5.69. The van der Waals surface area contributed by atoms with E-state index in [-0.39, 0.29) is 12.1 Å². The maximum atomic E-state index is 12.2. The van der Waals surface area contributed by atoms with Crippen molar-refractivity contribution in [3.05, 3.63) is 0 Å². The third-order valence-corrected chi connectivity index (χ3v) is 4.05. The van der Waals surface area contributed by atoms with Crippen LogP contribution >= 0.6 is 0 Å². The fourth-order valence-electron chi connectivity index (χ4n) is 2.81. The molecule has 21 heavy (non-hydrogen) atoms. The summed E-state index contributed by atoms with van der Waals surface area (Å²) >= 11 is 0. The first-order valence-electron chi connectivity index (χ1n) is 8.60. The molecule has 2 unspecified atom stereocenters. The molecule has 1 N–H and O–H groups in total. The van der Waals surface area contributed by atoms with E-state index >= 15 is 0 Å². The quantitative estimate of drug-likeness (QED) is 0.774. The van der Waals surface area contributed by atoms with Crippen LogP contribution in [0, 0.1) is 0 Å².